The normalized spacial score (nSPS) is 15.2. The molecule has 0 aliphatic carbocycles. The number of hydrogen-bond donors (Lipinski definition) is 1. The SMILES string of the molecule is C=CC(=O)N1CCC(c2nc(-c3ccc(Oc4ncccc4F)c(OC)c3)n3c(NC)nccc23)C1. The monoisotopic (exact) mass is 488 g/mol. The fourth-order valence-electron chi connectivity index (χ4n) is 4.49. The zero-order valence-corrected chi connectivity index (χ0v) is 19.9. The van der Waals surface area contributed by atoms with Crippen LogP contribution >= 0.6 is 0 Å². The van der Waals surface area contributed by atoms with E-state index in [0.29, 0.717) is 36.4 Å². The van der Waals surface area contributed by atoms with Gasteiger partial charge < -0.3 is 19.7 Å². The molecule has 1 amide bonds. The summed E-state index contributed by atoms with van der Waals surface area (Å²) in [5.74, 6) is 1.27. The Morgan fingerprint density at radius 1 is 1.22 bits per heavy atom. The predicted octanol–water partition coefficient (Wildman–Crippen LogP) is 4.27. The number of ether oxygens (including phenoxy) is 2. The van der Waals surface area contributed by atoms with Crippen LogP contribution in [0, 0.1) is 5.82 Å². The molecule has 0 spiro atoms. The molecule has 1 unspecified atom stereocenters. The molecule has 0 saturated carbocycles. The number of amides is 1. The molecule has 36 heavy (non-hydrogen) atoms. The average molecular weight is 489 g/mol. The second kappa shape index (κ2) is 9.65. The first kappa shape index (κ1) is 23.3. The highest BCUT2D eigenvalue weighted by Crippen LogP contribution is 2.38. The van der Waals surface area contributed by atoms with E-state index < -0.39 is 5.82 Å². The van der Waals surface area contributed by atoms with Crippen LogP contribution in [0.4, 0.5) is 10.3 Å². The summed E-state index contributed by atoms with van der Waals surface area (Å²) in [6, 6.07) is 9.99. The first-order valence-electron chi connectivity index (χ1n) is 11.5. The fraction of sp³-hybridized carbons (Fsp3) is 0.231. The van der Waals surface area contributed by atoms with E-state index >= 15 is 0 Å². The molecule has 1 N–H and O–H groups in total. The molecule has 4 heterocycles. The van der Waals surface area contributed by atoms with E-state index in [-0.39, 0.29) is 17.7 Å². The van der Waals surface area contributed by atoms with Crippen molar-refractivity contribution in [2.45, 2.75) is 12.3 Å². The van der Waals surface area contributed by atoms with Crippen LogP contribution in [0.15, 0.2) is 61.4 Å². The molecule has 0 bridgehead atoms. The van der Waals surface area contributed by atoms with Crippen LogP contribution in [0.3, 0.4) is 0 Å². The zero-order valence-electron chi connectivity index (χ0n) is 19.9. The van der Waals surface area contributed by atoms with Gasteiger partial charge in [0.2, 0.25) is 11.9 Å². The van der Waals surface area contributed by atoms with Gasteiger partial charge in [-0.05, 0) is 48.9 Å². The molecular formula is C26H25FN6O3. The van der Waals surface area contributed by atoms with Crippen molar-refractivity contribution in [2.24, 2.45) is 0 Å². The first-order chi connectivity index (χ1) is 17.5. The lowest BCUT2D eigenvalue weighted by Gasteiger charge is -2.13. The number of aromatic nitrogens is 4. The number of pyridine rings is 1. The molecule has 4 aromatic rings. The summed E-state index contributed by atoms with van der Waals surface area (Å²) in [6.45, 7) is 4.82. The van der Waals surface area contributed by atoms with Crippen molar-refractivity contribution >= 4 is 17.4 Å². The maximum absolute atomic E-state index is 14.1. The Labute approximate surface area is 207 Å². The van der Waals surface area contributed by atoms with Gasteiger partial charge in [-0.2, -0.15) is 0 Å². The second-order valence-electron chi connectivity index (χ2n) is 8.29. The maximum atomic E-state index is 14.1. The lowest BCUT2D eigenvalue weighted by Crippen LogP contribution is -2.26. The number of likely N-dealkylation sites (tertiary alicyclic amines) is 1. The molecule has 1 saturated heterocycles. The van der Waals surface area contributed by atoms with Crippen LogP contribution in [0.5, 0.6) is 17.4 Å². The third-order valence-electron chi connectivity index (χ3n) is 6.22. The Bertz CT molecular complexity index is 1450. The average Bonchev–Trinajstić information content (AvgIpc) is 3.55. The topological polar surface area (TPSA) is 93.9 Å². The van der Waals surface area contributed by atoms with Crippen molar-refractivity contribution in [3.8, 4) is 28.8 Å². The van der Waals surface area contributed by atoms with Gasteiger partial charge in [-0.3, -0.25) is 9.20 Å². The molecular weight excluding hydrogens is 463 g/mol. The molecule has 5 rings (SSSR count). The largest absolute Gasteiger partial charge is 0.493 e. The minimum absolute atomic E-state index is 0.0707. The summed E-state index contributed by atoms with van der Waals surface area (Å²) in [4.78, 5) is 27.4. The minimum atomic E-state index is -0.571. The van der Waals surface area contributed by atoms with Crippen LogP contribution < -0.4 is 14.8 Å². The number of nitrogens with zero attached hydrogens (tertiary/aromatic N) is 5. The highest BCUT2D eigenvalue weighted by Gasteiger charge is 2.30. The summed E-state index contributed by atoms with van der Waals surface area (Å²) >= 11 is 0. The minimum Gasteiger partial charge on any atom is -0.493 e. The van der Waals surface area contributed by atoms with Gasteiger partial charge in [-0.25, -0.2) is 19.3 Å². The van der Waals surface area contributed by atoms with E-state index in [9.17, 15) is 9.18 Å². The Hall–Kier alpha value is -4.47. The van der Waals surface area contributed by atoms with Crippen molar-refractivity contribution < 1.29 is 18.7 Å². The molecule has 3 aromatic heterocycles. The molecule has 1 aliphatic rings. The van der Waals surface area contributed by atoms with Crippen molar-refractivity contribution in [3.05, 3.63) is 73.0 Å². The predicted molar refractivity (Wildman–Crippen MR) is 133 cm³/mol. The van der Waals surface area contributed by atoms with E-state index in [4.69, 9.17) is 14.5 Å². The van der Waals surface area contributed by atoms with Crippen LogP contribution in [0.1, 0.15) is 18.0 Å². The molecule has 1 fully saturated rings. The molecule has 1 aliphatic heterocycles. The standard InChI is InChI=1S/C26H25FN6O3/c1-4-22(34)32-13-10-17(15-32)23-19-9-12-30-26(28-2)33(19)24(31-23)16-7-8-20(21(14-16)35-3)36-25-18(27)6-5-11-29-25/h4-9,11-12,14,17H,1,10,13,15H2,2-3H3,(H,28,30). The molecule has 9 nitrogen and oxygen atoms in total. The molecule has 0 radical (unpaired) electrons. The van der Waals surface area contributed by atoms with Gasteiger partial charge in [0.1, 0.15) is 5.82 Å². The third-order valence-corrected chi connectivity index (χ3v) is 6.22. The van der Waals surface area contributed by atoms with E-state index in [0.717, 1.165) is 23.2 Å². The Kier molecular flexibility index (Phi) is 6.24. The van der Waals surface area contributed by atoms with Gasteiger partial charge in [-0.15, -0.1) is 0 Å². The Morgan fingerprint density at radius 3 is 2.83 bits per heavy atom. The number of carbonyl (C=O) groups excluding carboxylic acids is 1. The van der Waals surface area contributed by atoms with Gasteiger partial charge in [0.15, 0.2) is 17.3 Å². The van der Waals surface area contributed by atoms with Gasteiger partial charge in [0, 0.05) is 44.0 Å². The third kappa shape index (κ3) is 4.10. The number of halogens is 1. The van der Waals surface area contributed by atoms with Gasteiger partial charge in [0.25, 0.3) is 5.88 Å². The van der Waals surface area contributed by atoms with E-state index in [1.165, 1.54) is 31.5 Å². The van der Waals surface area contributed by atoms with Gasteiger partial charge in [0.05, 0.1) is 18.3 Å². The van der Waals surface area contributed by atoms with Crippen LogP contribution in [0.2, 0.25) is 0 Å². The summed E-state index contributed by atoms with van der Waals surface area (Å²) in [5, 5.41) is 3.13. The maximum Gasteiger partial charge on any atom is 0.255 e. The number of methoxy groups -OCH3 is 1. The van der Waals surface area contributed by atoms with Crippen LogP contribution in [0.25, 0.3) is 16.9 Å². The Balaban J connectivity index is 1.57. The summed E-state index contributed by atoms with van der Waals surface area (Å²) in [5.41, 5.74) is 2.54. The lowest BCUT2D eigenvalue weighted by molar-refractivity contribution is -0.125. The number of benzene rings is 1. The smallest absolute Gasteiger partial charge is 0.255 e. The van der Waals surface area contributed by atoms with Crippen LogP contribution in [-0.4, -0.2) is 57.4 Å². The number of hydrogen-bond acceptors (Lipinski definition) is 7. The van der Waals surface area contributed by atoms with Gasteiger partial charge in [-0.1, -0.05) is 6.58 Å². The highest BCUT2D eigenvalue weighted by molar-refractivity contribution is 5.87. The van der Waals surface area contributed by atoms with Crippen molar-refractivity contribution in [1.82, 2.24) is 24.3 Å². The highest BCUT2D eigenvalue weighted by atomic mass is 19.1. The van der Waals surface area contributed by atoms with Crippen molar-refractivity contribution in [2.75, 3.05) is 32.6 Å². The number of fused-ring (bicyclic) bond motifs is 1. The number of imidazole rings is 1. The second-order valence-corrected chi connectivity index (χ2v) is 8.29. The van der Waals surface area contributed by atoms with Crippen LogP contribution in [-0.2, 0) is 4.79 Å². The molecule has 184 valence electrons. The van der Waals surface area contributed by atoms with Crippen molar-refractivity contribution in [3.63, 3.8) is 0 Å². The number of anilines is 1. The van der Waals surface area contributed by atoms with Gasteiger partial charge >= 0.3 is 0 Å². The number of rotatable bonds is 7. The van der Waals surface area contributed by atoms with E-state index in [2.05, 4.69) is 21.9 Å². The molecule has 1 aromatic carbocycles. The number of carbonyl (C=O) groups is 1. The summed E-state index contributed by atoms with van der Waals surface area (Å²) in [6.07, 6.45) is 5.33. The van der Waals surface area contributed by atoms with E-state index in [1.807, 2.05) is 16.5 Å². The summed E-state index contributed by atoms with van der Waals surface area (Å²) < 4.78 is 27.3. The quantitative estimate of drug-likeness (QED) is 0.388. The van der Waals surface area contributed by atoms with E-state index in [1.54, 1.807) is 30.3 Å². The molecule has 1 atom stereocenters. The fourth-order valence-corrected chi connectivity index (χ4v) is 4.49. The lowest BCUT2D eigenvalue weighted by atomic mass is 10.0. The summed E-state index contributed by atoms with van der Waals surface area (Å²) in [7, 11) is 3.31. The Morgan fingerprint density at radius 2 is 2.08 bits per heavy atom. The molecule has 10 heteroatoms. The number of nitrogens with one attached hydrogen (secondary N) is 1. The zero-order chi connectivity index (χ0) is 25.2. The first-order valence-corrected chi connectivity index (χ1v) is 11.5. The van der Waals surface area contributed by atoms with Crippen molar-refractivity contribution in [1.29, 1.82) is 0 Å².